The highest BCUT2D eigenvalue weighted by molar-refractivity contribution is 9.11. The van der Waals surface area contributed by atoms with Gasteiger partial charge in [0, 0.05) is 19.3 Å². The molecule has 0 aromatic heterocycles. The number of sulfonamides is 1. The first-order valence-corrected chi connectivity index (χ1v) is 9.59. The van der Waals surface area contributed by atoms with Gasteiger partial charge in [-0.1, -0.05) is 38.8 Å². The van der Waals surface area contributed by atoms with E-state index in [1.54, 1.807) is 12.1 Å². The van der Waals surface area contributed by atoms with Gasteiger partial charge in [-0.05, 0) is 54.4 Å². The summed E-state index contributed by atoms with van der Waals surface area (Å²) in [6.07, 6.45) is 0. The molecule has 1 unspecified atom stereocenters. The van der Waals surface area contributed by atoms with Crippen molar-refractivity contribution in [3.05, 3.63) is 26.6 Å². The molecule has 1 aromatic carbocycles. The van der Waals surface area contributed by atoms with Gasteiger partial charge in [-0.25, -0.2) is 13.1 Å². The molecule has 0 bridgehead atoms. The average molecular weight is 478 g/mol. The summed E-state index contributed by atoms with van der Waals surface area (Å²) in [7, 11) is -3.59. The van der Waals surface area contributed by atoms with Crippen molar-refractivity contribution in [2.45, 2.75) is 43.0 Å². The van der Waals surface area contributed by atoms with Crippen LogP contribution in [-0.4, -0.2) is 18.8 Å². The van der Waals surface area contributed by atoms with Gasteiger partial charge < -0.3 is 0 Å². The van der Waals surface area contributed by atoms with Gasteiger partial charge in [0.25, 0.3) is 0 Å². The summed E-state index contributed by atoms with van der Waals surface area (Å²) in [5, 5.41) is 0. The van der Waals surface area contributed by atoms with Crippen molar-refractivity contribution < 1.29 is 8.42 Å². The SMILES string of the molecule is Cc1cc(Br)c(S(=O)(=O)NC(C)(C)C(C)Br)cc1Br. The van der Waals surface area contributed by atoms with Crippen molar-refractivity contribution in [2.24, 2.45) is 0 Å². The highest BCUT2D eigenvalue weighted by atomic mass is 79.9. The lowest BCUT2D eigenvalue weighted by Gasteiger charge is -2.29. The Morgan fingerprint density at radius 2 is 1.74 bits per heavy atom. The molecule has 1 aromatic rings. The summed E-state index contributed by atoms with van der Waals surface area (Å²) in [6, 6.07) is 3.39. The molecule has 19 heavy (non-hydrogen) atoms. The Balaban J connectivity index is 3.26. The summed E-state index contributed by atoms with van der Waals surface area (Å²) in [5.74, 6) is 0. The van der Waals surface area contributed by atoms with E-state index in [2.05, 4.69) is 52.5 Å². The van der Waals surface area contributed by atoms with Crippen LogP contribution in [0.3, 0.4) is 0 Å². The van der Waals surface area contributed by atoms with Gasteiger partial charge in [0.15, 0.2) is 0 Å². The zero-order valence-electron chi connectivity index (χ0n) is 11.1. The quantitative estimate of drug-likeness (QED) is 0.655. The third-order valence-electron chi connectivity index (χ3n) is 2.89. The van der Waals surface area contributed by atoms with E-state index < -0.39 is 15.6 Å². The van der Waals surface area contributed by atoms with Crippen LogP contribution in [0.2, 0.25) is 0 Å². The first kappa shape index (κ1) is 17.6. The maximum atomic E-state index is 12.5. The molecule has 0 spiro atoms. The van der Waals surface area contributed by atoms with Gasteiger partial charge in [0.2, 0.25) is 10.0 Å². The van der Waals surface area contributed by atoms with Gasteiger partial charge in [0.1, 0.15) is 0 Å². The lowest BCUT2D eigenvalue weighted by atomic mass is 10.0. The van der Waals surface area contributed by atoms with Crippen LogP contribution in [0.4, 0.5) is 0 Å². The number of aryl methyl sites for hydroxylation is 1. The topological polar surface area (TPSA) is 46.2 Å². The summed E-state index contributed by atoms with van der Waals surface area (Å²) >= 11 is 10.1. The molecule has 7 heteroatoms. The minimum Gasteiger partial charge on any atom is -0.207 e. The molecule has 1 N–H and O–H groups in total. The van der Waals surface area contributed by atoms with Crippen LogP contribution < -0.4 is 4.72 Å². The number of hydrogen-bond acceptors (Lipinski definition) is 2. The molecular weight excluding hydrogens is 462 g/mol. The molecule has 0 aliphatic carbocycles. The van der Waals surface area contributed by atoms with Gasteiger partial charge in [0.05, 0.1) is 4.90 Å². The number of halogens is 3. The van der Waals surface area contributed by atoms with Crippen LogP contribution in [0.5, 0.6) is 0 Å². The Bertz CT molecular complexity index is 583. The summed E-state index contributed by atoms with van der Waals surface area (Å²) < 4.78 is 28.9. The molecule has 0 saturated carbocycles. The summed E-state index contributed by atoms with van der Waals surface area (Å²) in [4.78, 5) is 0.230. The van der Waals surface area contributed by atoms with Crippen molar-refractivity contribution in [3.8, 4) is 0 Å². The molecule has 0 fully saturated rings. The first-order chi connectivity index (χ1) is 8.47. The summed E-state index contributed by atoms with van der Waals surface area (Å²) in [5.41, 5.74) is 0.384. The number of rotatable bonds is 4. The molecule has 0 amide bonds. The summed E-state index contributed by atoms with van der Waals surface area (Å²) in [6.45, 7) is 7.48. The Labute approximate surface area is 140 Å². The van der Waals surface area contributed by atoms with Gasteiger partial charge >= 0.3 is 0 Å². The van der Waals surface area contributed by atoms with Gasteiger partial charge in [-0.15, -0.1) is 0 Å². The lowest BCUT2D eigenvalue weighted by Crippen LogP contribution is -2.48. The second-order valence-electron chi connectivity index (χ2n) is 4.98. The molecule has 0 radical (unpaired) electrons. The Hall–Kier alpha value is 0.570. The van der Waals surface area contributed by atoms with E-state index in [1.165, 1.54) is 0 Å². The largest absolute Gasteiger partial charge is 0.242 e. The molecule has 0 heterocycles. The molecule has 0 aliphatic heterocycles. The molecular formula is C12H16Br3NO2S. The highest BCUT2D eigenvalue weighted by Crippen LogP contribution is 2.30. The molecule has 108 valence electrons. The fraction of sp³-hybridized carbons (Fsp3) is 0.500. The zero-order valence-corrected chi connectivity index (χ0v) is 16.7. The molecule has 3 nitrogen and oxygen atoms in total. The third-order valence-corrected chi connectivity index (χ3v) is 7.52. The van der Waals surface area contributed by atoms with Crippen molar-refractivity contribution in [1.82, 2.24) is 4.72 Å². The van der Waals surface area contributed by atoms with E-state index in [4.69, 9.17) is 0 Å². The van der Waals surface area contributed by atoms with Crippen molar-refractivity contribution in [3.63, 3.8) is 0 Å². The maximum Gasteiger partial charge on any atom is 0.242 e. The lowest BCUT2D eigenvalue weighted by molar-refractivity contribution is 0.453. The number of benzene rings is 1. The van der Waals surface area contributed by atoms with E-state index >= 15 is 0 Å². The molecule has 1 rings (SSSR count). The van der Waals surface area contributed by atoms with Crippen LogP contribution in [-0.2, 0) is 10.0 Å². The van der Waals surface area contributed by atoms with Crippen LogP contribution in [0.15, 0.2) is 26.0 Å². The Kier molecular flexibility index (Phi) is 5.69. The predicted octanol–water partition coefficient (Wildman–Crippen LogP) is 4.36. The monoisotopic (exact) mass is 475 g/mol. The van der Waals surface area contributed by atoms with Crippen molar-refractivity contribution >= 4 is 57.8 Å². The Morgan fingerprint density at radius 1 is 1.21 bits per heavy atom. The normalized spacial score (nSPS) is 14.5. The van der Waals surface area contributed by atoms with Gasteiger partial charge in [-0.3, -0.25) is 0 Å². The fourth-order valence-electron chi connectivity index (χ4n) is 1.32. The van der Waals surface area contributed by atoms with E-state index in [0.717, 1.165) is 10.0 Å². The molecule has 0 saturated heterocycles. The average Bonchev–Trinajstić information content (AvgIpc) is 2.21. The number of hydrogen-bond donors (Lipinski definition) is 1. The minimum atomic E-state index is -3.59. The zero-order chi connectivity index (χ0) is 15.0. The van der Waals surface area contributed by atoms with Crippen molar-refractivity contribution in [2.75, 3.05) is 0 Å². The van der Waals surface area contributed by atoms with E-state index in [9.17, 15) is 8.42 Å². The highest BCUT2D eigenvalue weighted by Gasteiger charge is 2.31. The van der Waals surface area contributed by atoms with Crippen LogP contribution in [0.1, 0.15) is 26.3 Å². The van der Waals surface area contributed by atoms with Crippen LogP contribution >= 0.6 is 47.8 Å². The van der Waals surface area contributed by atoms with E-state index in [0.29, 0.717) is 4.47 Å². The smallest absolute Gasteiger partial charge is 0.207 e. The number of nitrogens with one attached hydrogen (secondary N) is 1. The van der Waals surface area contributed by atoms with E-state index in [-0.39, 0.29) is 9.72 Å². The van der Waals surface area contributed by atoms with Gasteiger partial charge in [-0.2, -0.15) is 0 Å². The fourth-order valence-corrected chi connectivity index (χ4v) is 4.74. The maximum absolute atomic E-state index is 12.5. The van der Waals surface area contributed by atoms with E-state index in [1.807, 2.05) is 27.7 Å². The molecule has 0 aliphatic rings. The standard InChI is InChI=1S/C12H16Br3NO2S/c1-7-5-10(15)11(6-9(7)14)19(17,18)16-12(3,4)8(2)13/h5-6,8,16H,1-4H3. The Morgan fingerprint density at radius 3 is 2.21 bits per heavy atom. The molecule has 1 atom stereocenters. The number of alkyl halides is 1. The van der Waals surface area contributed by atoms with Crippen LogP contribution in [0.25, 0.3) is 0 Å². The second-order valence-corrected chi connectivity index (χ2v) is 9.71. The second kappa shape index (κ2) is 6.13. The first-order valence-electron chi connectivity index (χ1n) is 5.61. The minimum absolute atomic E-state index is 0.00226. The third kappa shape index (κ3) is 4.27. The van der Waals surface area contributed by atoms with Crippen molar-refractivity contribution in [1.29, 1.82) is 0 Å². The van der Waals surface area contributed by atoms with Crippen LogP contribution in [0, 0.1) is 6.92 Å². The predicted molar refractivity (Wildman–Crippen MR) is 89.4 cm³/mol.